The van der Waals surface area contributed by atoms with E-state index in [4.69, 9.17) is 0 Å². The molecule has 168 valence electrons. The summed E-state index contributed by atoms with van der Waals surface area (Å²) in [4.78, 5) is 0. The maximum Gasteiger partial charge on any atom is 0.572 e. The minimum atomic E-state index is -4.71. The van der Waals surface area contributed by atoms with Crippen LogP contribution in [0, 0.1) is 5.92 Å². The van der Waals surface area contributed by atoms with E-state index in [0.717, 1.165) is 22.9 Å². The average molecular weight is 441 g/mol. The summed E-state index contributed by atoms with van der Waals surface area (Å²) in [5, 5.41) is 5.63. The van der Waals surface area contributed by atoms with Gasteiger partial charge < -0.3 is 4.74 Å². The summed E-state index contributed by atoms with van der Waals surface area (Å²) in [6.07, 6.45) is 2.51. The van der Waals surface area contributed by atoms with Gasteiger partial charge in [0.2, 0.25) is 0 Å². The van der Waals surface area contributed by atoms with Crippen LogP contribution < -0.4 is 0 Å². The predicted molar refractivity (Wildman–Crippen MR) is 123 cm³/mol. The fraction of sp³-hybridized carbons (Fsp3) is 0.269. The van der Waals surface area contributed by atoms with Crippen molar-refractivity contribution < 1.29 is 17.9 Å². The van der Waals surface area contributed by atoms with Crippen molar-refractivity contribution in [2.45, 2.75) is 39.6 Å². The van der Waals surface area contributed by atoms with Crippen molar-refractivity contribution >= 4 is 16.5 Å². The van der Waals surface area contributed by atoms with Gasteiger partial charge in [-0.05, 0) is 54.2 Å². The number of fused-ring (bicyclic) bond motifs is 1. The molecule has 1 heterocycles. The van der Waals surface area contributed by atoms with Gasteiger partial charge in [0.1, 0.15) is 5.76 Å². The number of alkyl halides is 3. The van der Waals surface area contributed by atoms with Gasteiger partial charge in [0.05, 0.1) is 17.8 Å². The topological polar surface area (TPSA) is 27.1 Å². The molecule has 1 atom stereocenters. The highest BCUT2D eigenvalue weighted by Gasteiger charge is 2.30. The van der Waals surface area contributed by atoms with Crippen LogP contribution in [0.2, 0.25) is 0 Å². The highest BCUT2D eigenvalue weighted by Crippen LogP contribution is 2.30. The predicted octanol–water partition coefficient (Wildman–Crippen LogP) is 7.68. The summed E-state index contributed by atoms with van der Waals surface area (Å²) >= 11 is 0. The third kappa shape index (κ3) is 5.90. The monoisotopic (exact) mass is 440 g/mol. The number of allylic oxidation sites excluding steroid dienone is 5. The molecule has 0 amide bonds. The highest BCUT2D eigenvalue weighted by atomic mass is 19.4. The molecule has 1 unspecified atom stereocenters. The fourth-order valence-corrected chi connectivity index (χ4v) is 3.69. The second-order valence-corrected chi connectivity index (χ2v) is 8.07. The van der Waals surface area contributed by atoms with Gasteiger partial charge in [-0.2, -0.15) is 5.10 Å². The maximum absolute atomic E-state index is 12.4. The lowest BCUT2D eigenvalue weighted by Crippen LogP contribution is -2.14. The lowest BCUT2D eigenvalue weighted by Gasteiger charge is -2.21. The molecule has 0 N–H and O–H groups in total. The molecule has 32 heavy (non-hydrogen) atoms. The van der Waals surface area contributed by atoms with Gasteiger partial charge >= 0.3 is 6.36 Å². The Morgan fingerprint density at radius 2 is 1.84 bits per heavy atom. The number of halogens is 3. The van der Waals surface area contributed by atoms with Crippen LogP contribution in [0.25, 0.3) is 16.5 Å². The SMILES string of the molecule is C=C/C(=C\C=C(/C)OC(F)(F)F)c1ccc2c(cnn2C(CC(C)C)c2ccccc2)c1. The molecule has 0 radical (unpaired) electrons. The van der Waals surface area contributed by atoms with Crippen LogP contribution in [0.5, 0.6) is 0 Å². The Morgan fingerprint density at radius 1 is 1.12 bits per heavy atom. The van der Waals surface area contributed by atoms with E-state index in [2.05, 4.69) is 42.4 Å². The van der Waals surface area contributed by atoms with E-state index in [1.165, 1.54) is 18.6 Å². The van der Waals surface area contributed by atoms with E-state index in [-0.39, 0.29) is 11.8 Å². The minimum absolute atomic E-state index is 0.110. The van der Waals surface area contributed by atoms with Crippen molar-refractivity contribution in [1.29, 1.82) is 0 Å². The molecule has 6 heteroatoms. The van der Waals surface area contributed by atoms with Crippen LogP contribution in [-0.2, 0) is 4.74 Å². The molecule has 0 fully saturated rings. The first-order chi connectivity index (χ1) is 15.2. The molecule has 1 aromatic heterocycles. The Kier molecular flexibility index (Phi) is 7.23. The number of hydrogen-bond acceptors (Lipinski definition) is 2. The summed E-state index contributed by atoms with van der Waals surface area (Å²) in [5.41, 5.74) is 3.72. The Labute approximate surface area is 186 Å². The zero-order valence-corrected chi connectivity index (χ0v) is 18.4. The Bertz CT molecular complexity index is 1120. The Balaban J connectivity index is 1.96. The average Bonchev–Trinajstić information content (AvgIpc) is 3.15. The number of ether oxygens (including phenoxy) is 1. The number of benzene rings is 2. The van der Waals surface area contributed by atoms with E-state index < -0.39 is 6.36 Å². The molecular formula is C26H27F3N2O. The fourth-order valence-electron chi connectivity index (χ4n) is 3.69. The molecule has 3 rings (SSSR count). The Morgan fingerprint density at radius 3 is 2.47 bits per heavy atom. The summed E-state index contributed by atoms with van der Waals surface area (Å²) in [6, 6.07) is 16.3. The molecule has 0 aliphatic heterocycles. The summed E-state index contributed by atoms with van der Waals surface area (Å²) in [6.45, 7) is 9.44. The third-order valence-electron chi connectivity index (χ3n) is 5.10. The number of hydrogen-bond donors (Lipinski definition) is 0. The molecular weight excluding hydrogens is 413 g/mol. The maximum atomic E-state index is 12.4. The smallest absolute Gasteiger partial charge is 0.411 e. The van der Waals surface area contributed by atoms with E-state index in [1.54, 1.807) is 12.2 Å². The first-order valence-electron chi connectivity index (χ1n) is 10.5. The van der Waals surface area contributed by atoms with Crippen molar-refractivity contribution in [1.82, 2.24) is 9.78 Å². The van der Waals surface area contributed by atoms with Crippen LogP contribution >= 0.6 is 0 Å². The van der Waals surface area contributed by atoms with Crippen molar-refractivity contribution in [2.75, 3.05) is 0 Å². The van der Waals surface area contributed by atoms with E-state index >= 15 is 0 Å². The lowest BCUT2D eigenvalue weighted by atomic mass is 9.97. The Hall–Kier alpha value is -3.28. The van der Waals surface area contributed by atoms with Crippen LogP contribution in [0.15, 0.2) is 85.3 Å². The lowest BCUT2D eigenvalue weighted by molar-refractivity contribution is -0.305. The van der Waals surface area contributed by atoms with Crippen molar-refractivity contribution in [2.24, 2.45) is 5.92 Å². The van der Waals surface area contributed by atoms with Crippen LogP contribution in [0.4, 0.5) is 13.2 Å². The van der Waals surface area contributed by atoms with Gasteiger partial charge in [0, 0.05) is 5.39 Å². The molecule has 3 aromatic rings. The number of rotatable bonds is 8. The third-order valence-corrected chi connectivity index (χ3v) is 5.10. The largest absolute Gasteiger partial charge is 0.572 e. The quantitative estimate of drug-likeness (QED) is 0.265. The van der Waals surface area contributed by atoms with Gasteiger partial charge in [-0.1, -0.05) is 69.0 Å². The standard InChI is InChI=1S/C26H27F3N2O/c1-5-20(12-11-19(4)32-26(27,28)29)22-13-14-24-23(16-22)17-30-31(24)25(15-18(2)3)21-9-7-6-8-10-21/h5-14,16-18,25H,1,15H2,2-4H3/b19-11+,20-12+. The summed E-state index contributed by atoms with van der Waals surface area (Å²) in [5.74, 6) is 0.244. The first-order valence-corrected chi connectivity index (χ1v) is 10.5. The molecule has 0 saturated heterocycles. The summed E-state index contributed by atoms with van der Waals surface area (Å²) in [7, 11) is 0. The normalized spacial score (nSPS) is 14.1. The molecule has 3 nitrogen and oxygen atoms in total. The van der Waals surface area contributed by atoms with Crippen LogP contribution in [0.1, 0.15) is 44.4 Å². The van der Waals surface area contributed by atoms with E-state index in [0.29, 0.717) is 11.5 Å². The molecule has 0 saturated carbocycles. The highest BCUT2D eigenvalue weighted by molar-refractivity contribution is 5.86. The molecule has 0 aliphatic rings. The van der Waals surface area contributed by atoms with Crippen molar-refractivity contribution in [3.63, 3.8) is 0 Å². The second kappa shape index (κ2) is 9.90. The van der Waals surface area contributed by atoms with Crippen LogP contribution in [0.3, 0.4) is 0 Å². The zero-order valence-electron chi connectivity index (χ0n) is 18.4. The van der Waals surface area contributed by atoms with Gasteiger partial charge in [-0.15, -0.1) is 13.2 Å². The molecule has 0 spiro atoms. The van der Waals surface area contributed by atoms with Gasteiger partial charge in [-0.25, -0.2) is 0 Å². The first kappa shape index (κ1) is 23.4. The molecule has 2 aromatic carbocycles. The van der Waals surface area contributed by atoms with Crippen molar-refractivity contribution in [3.05, 3.63) is 96.4 Å². The van der Waals surface area contributed by atoms with Crippen LogP contribution in [-0.4, -0.2) is 16.1 Å². The summed E-state index contributed by atoms with van der Waals surface area (Å²) < 4.78 is 43.1. The molecule has 0 aliphatic carbocycles. The number of aromatic nitrogens is 2. The van der Waals surface area contributed by atoms with Gasteiger partial charge in [-0.3, -0.25) is 4.68 Å². The van der Waals surface area contributed by atoms with E-state index in [9.17, 15) is 13.2 Å². The zero-order chi connectivity index (χ0) is 23.3. The van der Waals surface area contributed by atoms with Crippen molar-refractivity contribution in [3.8, 4) is 0 Å². The van der Waals surface area contributed by atoms with Gasteiger partial charge in [0.15, 0.2) is 0 Å². The minimum Gasteiger partial charge on any atom is -0.411 e. The molecule has 0 bridgehead atoms. The second-order valence-electron chi connectivity index (χ2n) is 8.07. The van der Waals surface area contributed by atoms with Gasteiger partial charge in [0.25, 0.3) is 0 Å². The van der Waals surface area contributed by atoms with E-state index in [1.807, 2.05) is 47.3 Å². The number of nitrogens with zero attached hydrogens (tertiary/aromatic N) is 2.